The number of nitro benzene ring substituents is 1. The lowest BCUT2D eigenvalue weighted by Crippen LogP contribution is -2.16. The summed E-state index contributed by atoms with van der Waals surface area (Å²) >= 11 is 0. The van der Waals surface area contributed by atoms with Gasteiger partial charge in [-0.25, -0.2) is 0 Å². The number of rotatable bonds is 6. The van der Waals surface area contributed by atoms with Crippen molar-refractivity contribution in [3.05, 3.63) is 28.3 Å². The third kappa shape index (κ3) is 3.33. The molecule has 0 saturated carbocycles. The molecule has 0 atom stereocenters. The molecule has 7 heteroatoms. The van der Waals surface area contributed by atoms with E-state index in [1.54, 1.807) is 12.1 Å². The van der Waals surface area contributed by atoms with Crippen molar-refractivity contribution in [2.24, 2.45) is 5.73 Å². The topological polar surface area (TPSA) is 107 Å². The van der Waals surface area contributed by atoms with Crippen molar-refractivity contribution in [1.82, 2.24) is 0 Å². The number of amides is 1. The number of nitrogens with two attached hydrogens (primary N) is 1. The van der Waals surface area contributed by atoms with Gasteiger partial charge in [0, 0.05) is 13.0 Å². The number of hydrogen-bond donors (Lipinski definition) is 2. The van der Waals surface area contributed by atoms with Crippen molar-refractivity contribution in [1.29, 1.82) is 0 Å². The van der Waals surface area contributed by atoms with Crippen molar-refractivity contribution in [2.45, 2.75) is 6.42 Å². The van der Waals surface area contributed by atoms with Crippen LogP contribution in [0.1, 0.15) is 6.42 Å². The van der Waals surface area contributed by atoms with Gasteiger partial charge in [-0.15, -0.1) is 0 Å². The van der Waals surface area contributed by atoms with E-state index in [1.165, 1.54) is 13.2 Å². The SMILES string of the molecule is COc1cccc(NCCC(N)=O)c1[N+](=O)[O-]. The molecule has 7 nitrogen and oxygen atoms in total. The Hall–Kier alpha value is -2.31. The predicted octanol–water partition coefficient (Wildman–Crippen LogP) is 0.891. The number of hydrogen-bond acceptors (Lipinski definition) is 5. The van der Waals surface area contributed by atoms with E-state index in [4.69, 9.17) is 10.5 Å². The quantitative estimate of drug-likeness (QED) is 0.566. The van der Waals surface area contributed by atoms with E-state index in [2.05, 4.69) is 5.32 Å². The molecule has 1 aromatic carbocycles. The summed E-state index contributed by atoms with van der Waals surface area (Å²) in [5.41, 5.74) is 5.12. The van der Waals surface area contributed by atoms with Crippen molar-refractivity contribution in [3.8, 4) is 5.75 Å². The zero-order valence-electron chi connectivity index (χ0n) is 9.30. The molecule has 0 radical (unpaired) electrons. The van der Waals surface area contributed by atoms with Gasteiger partial charge in [0.05, 0.1) is 12.0 Å². The second-order valence-corrected chi connectivity index (χ2v) is 3.26. The molecule has 0 fully saturated rings. The Kier molecular flexibility index (Phi) is 4.27. The van der Waals surface area contributed by atoms with Crippen LogP contribution in [0.2, 0.25) is 0 Å². The van der Waals surface area contributed by atoms with Crippen LogP contribution in [0.3, 0.4) is 0 Å². The van der Waals surface area contributed by atoms with Crippen LogP contribution in [0.15, 0.2) is 18.2 Å². The summed E-state index contributed by atoms with van der Waals surface area (Å²) in [4.78, 5) is 20.9. The molecule has 1 amide bonds. The van der Waals surface area contributed by atoms with E-state index in [9.17, 15) is 14.9 Å². The fourth-order valence-corrected chi connectivity index (χ4v) is 1.34. The van der Waals surface area contributed by atoms with Gasteiger partial charge in [-0.1, -0.05) is 6.07 Å². The van der Waals surface area contributed by atoms with Gasteiger partial charge in [0.15, 0.2) is 5.75 Å². The van der Waals surface area contributed by atoms with Gasteiger partial charge in [0.2, 0.25) is 5.91 Å². The lowest BCUT2D eigenvalue weighted by Gasteiger charge is -2.08. The molecule has 0 aliphatic rings. The summed E-state index contributed by atoms with van der Waals surface area (Å²) in [5.74, 6) is -0.304. The molecular weight excluding hydrogens is 226 g/mol. The highest BCUT2D eigenvalue weighted by molar-refractivity contribution is 5.75. The van der Waals surface area contributed by atoms with Gasteiger partial charge in [0.1, 0.15) is 5.69 Å². The molecular formula is C10H13N3O4. The normalized spacial score (nSPS) is 9.71. The minimum Gasteiger partial charge on any atom is -0.490 e. The highest BCUT2D eigenvalue weighted by atomic mass is 16.6. The number of ether oxygens (including phenoxy) is 1. The molecule has 92 valence electrons. The van der Waals surface area contributed by atoms with Crippen LogP contribution in [-0.2, 0) is 4.79 Å². The van der Waals surface area contributed by atoms with Crippen molar-refractivity contribution >= 4 is 17.3 Å². The predicted molar refractivity (Wildman–Crippen MR) is 61.9 cm³/mol. The third-order valence-corrected chi connectivity index (χ3v) is 2.09. The summed E-state index contributed by atoms with van der Waals surface area (Å²) < 4.78 is 4.90. The minimum atomic E-state index is -0.536. The Labute approximate surface area is 97.7 Å². The van der Waals surface area contributed by atoms with Gasteiger partial charge in [0.25, 0.3) is 0 Å². The molecule has 0 aliphatic heterocycles. The number of anilines is 1. The Balaban J connectivity index is 2.90. The van der Waals surface area contributed by atoms with Gasteiger partial charge in [-0.2, -0.15) is 0 Å². The Morgan fingerprint density at radius 3 is 2.82 bits per heavy atom. The van der Waals surface area contributed by atoms with E-state index >= 15 is 0 Å². The number of para-hydroxylation sites is 1. The Morgan fingerprint density at radius 2 is 2.29 bits per heavy atom. The van der Waals surface area contributed by atoms with Crippen LogP contribution < -0.4 is 15.8 Å². The molecule has 0 spiro atoms. The Morgan fingerprint density at radius 1 is 1.59 bits per heavy atom. The maximum Gasteiger partial charge on any atom is 0.333 e. The lowest BCUT2D eigenvalue weighted by atomic mass is 10.2. The standard InChI is InChI=1S/C10H13N3O4/c1-17-8-4-2-3-7(10(8)13(15)16)12-6-5-9(11)14/h2-4,12H,5-6H2,1H3,(H2,11,14). The van der Waals surface area contributed by atoms with Gasteiger partial charge in [-0.3, -0.25) is 14.9 Å². The first-order valence-electron chi connectivity index (χ1n) is 4.90. The molecule has 0 unspecified atom stereocenters. The number of carbonyl (C=O) groups excluding carboxylic acids is 1. The van der Waals surface area contributed by atoms with Gasteiger partial charge >= 0.3 is 5.69 Å². The van der Waals surface area contributed by atoms with Crippen LogP contribution in [0, 0.1) is 10.1 Å². The maximum atomic E-state index is 10.9. The zero-order chi connectivity index (χ0) is 12.8. The number of methoxy groups -OCH3 is 1. The first-order valence-corrected chi connectivity index (χ1v) is 4.90. The van der Waals surface area contributed by atoms with E-state index in [1.807, 2.05) is 0 Å². The van der Waals surface area contributed by atoms with E-state index in [-0.39, 0.29) is 24.4 Å². The highest BCUT2D eigenvalue weighted by Gasteiger charge is 2.19. The van der Waals surface area contributed by atoms with Crippen LogP contribution >= 0.6 is 0 Å². The van der Waals surface area contributed by atoms with Crippen LogP contribution in [0.4, 0.5) is 11.4 Å². The molecule has 1 aromatic rings. The molecule has 0 saturated heterocycles. The fourth-order valence-electron chi connectivity index (χ4n) is 1.34. The molecule has 3 N–H and O–H groups in total. The largest absolute Gasteiger partial charge is 0.490 e. The monoisotopic (exact) mass is 239 g/mol. The second kappa shape index (κ2) is 5.69. The lowest BCUT2D eigenvalue weighted by molar-refractivity contribution is -0.384. The zero-order valence-corrected chi connectivity index (χ0v) is 9.30. The molecule has 0 bridgehead atoms. The maximum absolute atomic E-state index is 10.9. The summed E-state index contributed by atoms with van der Waals surface area (Å²) in [7, 11) is 1.36. The summed E-state index contributed by atoms with van der Waals surface area (Å²) in [6, 6.07) is 4.66. The number of primary amides is 1. The third-order valence-electron chi connectivity index (χ3n) is 2.09. The van der Waals surface area contributed by atoms with E-state index in [0.717, 1.165) is 0 Å². The van der Waals surface area contributed by atoms with Crippen LogP contribution in [0.25, 0.3) is 0 Å². The average molecular weight is 239 g/mol. The van der Waals surface area contributed by atoms with Gasteiger partial charge < -0.3 is 15.8 Å². The summed E-state index contributed by atoms with van der Waals surface area (Å²) in [6.07, 6.45) is 0.106. The number of carbonyl (C=O) groups is 1. The molecule has 0 aromatic heterocycles. The van der Waals surface area contributed by atoms with E-state index < -0.39 is 10.8 Å². The summed E-state index contributed by atoms with van der Waals surface area (Å²) in [6.45, 7) is 0.239. The highest BCUT2D eigenvalue weighted by Crippen LogP contribution is 2.34. The number of nitrogens with zero attached hydrogens (tertiary/aromatic N) is 1. The fraction of sp³-hybridized carbons (Fsp3) is 0.300. The number of benzene rings is 1. The number of nitrogens with one attached hydrogen (secondary N) is 1. The average Bonchev–Trinajstić information content (AvgIpc) is 2.27. The van der Waals surface area contributed by atoms with Crippen molar-refractivity contribution < 1.29 is 14.5 Å². The van der Waals surface area contributed by atoms with Crippen molar-refractivity contribution in [3.63, 3.8) is 0 Å². The number of nitro groups is 1. The molecule has 17 heavy (non-hydrogen) atoms. The van der Waals surface area contributed by atoms with E-state index in [0.29, 0.717) is 5.69 Å². The van der Waals surface area contributed by atoms with Gasteiger partial charge in [-0.05, 0) is 12.1 Å². The molecule has 0 aliphatic carbocycles. The second-order valence-electron chi connectivity index (χ2n) is 3.26. The minimum absolute atomic E-state index is 0.106. The smallest absolute Gasteiger partial charge is 0.333 e. The van der Waals surface area contributed by atoms with Crippen LogP contribution in [0.5, 0.6) is 5.75 Å². The first-order chi connectivity index (χ1) is 8.06. The summed E-state index contributed by atoms with van der Waals surface area (Å²) in [5, 5.41) is 13.7. The molecule has 1 rings (SSSR count). The molecule has 0 heterocycles. The Bertz CT molecular complexity index is 434. The first kappa shape index (κ1) is 12.8. The van der Waals surface area contributed by atoms with Crippen molar-refractivity contribution in [2.75, 3.05) is 19.0 Å². The van der Waals surface area contributed by atoms with Crippen LogP contribution in [-0.4, -0.2) is 24.5 Å².